The van der Waals surface area contributed by atoms with E-state index >= 15 is 0 Å². The molecule has 19 fully saturated rings. The average Bonchev–Trinajstić information content (AvgIpc) is 1.38. The minimum absolute atomic E-state index is 0.653. The fraction of sp³-hybridized carbons (Fsp3) is 1.00. The van der Waals surface area contributed by atoms with Crippen molar-refractivity contribution in [2.45, 2.75) is 563 Å². The van der Waals surface area contributed by atoms with Crippen molar-refractivity contribution in [2.24, 2.45) is 131 Å². The molecule has 0 N–H and O–H groups in total. The molecule has 19 aliphatic carbocycles. The average molecular weight is 1520 g/mol. The van der Waals surface area contributed by atoms with Gasteiger partial charge in [0.2, 0.25) is 0 Å². The molecule has 19 rings (SSSR count). The van der Waals surface area contributed by atoms with Crippen molar-refractivity contribution in [3.05, 3.63) is 0 Å². The van der Waals surface area contributed by atoms with E-state index < -0.39 is 0 Å². The molecule has 0 heterocycles. The van der Waals surface area contributed by atoms with Gasteiger partial charge in [-0.1, -0.05) is 371 Å². The minimum Gasteiger partial charge on any atom is -0.0649 e. The number of hydrogen-bond donors (Lipinski definition) is 0. The lowest BCUT2D eigenvalue weighted by molar-refractivity contribution is -0.1000. The molecule has 0 aromatic heterocycles. The number of fused-ring (bicyclic) bond motifs is 5. The molecule has 10 bridgehead atoms. The first-order chi connectivity index (χ1) is 51.5. The lowest BCUT2D eigenvalue weighted by Gasteiger charge is -2.60. The molecular weight excluding hydrogens is 1310 g/mol. The minimum atomic E-state index is 0.653. The van der Waals surface area contributed by atoms with Gasteiger partial charge in [0.05, 0.1) is 0 Å². The molecule has 0 aromatic rings. The third kappa shape index (κ3) is 31.6. The van der Waals surface area contributed by atoms with Crippen LogP contribution >= 0.6 is 0 Å². The van der Waals surface area contributed by atoms with Crippen LogP contribution in [0.3, 0.4) is 0 Å². The third-order valence-electron chi connectivity index (χ3n) is 37.6. The summed E-state index contributed by atoms with van der Waals surface area (Å²) in [4.78, 5) is 0. The summed E-state index contributed by atoms with van der Waals surface area (Å²) in [6.07, 6.45) is 95.2. The van der Waals surface area contributed by atoms with Crippen molar-refractivity contribution in [1.29, 1.82) is 0 Å². The number of hydrogen-bond acceptors (Lipinski definition) is 0. The van der Waals surface area contributed by atoms with E-state index in [9.17, 15) is 0 Å². The van der Waals surface area contributed by atoms with Gasteiger partial charge in [-0.2, -0.15) is 0 Å². The first-order valence-electron chi connectivity index (χ1n) is 51.5. The summed E-state index contributed by atoms with van der Waals surface area (Å²) in [5.41, 5.74) is 7.70. The van der Waals surface area contributed by atoms with Crippen molar-refractivity contribution in [2.75, 3.05) is 0 Å². The molecule has 0 heteroatoms. The van der Waals surface area contributed by atoms with E-state index in [4.69, 9.17) is 0 Å². The molecule has 0 spiro atoms. The molecule has 0 saturated heterocycles. The fourth-order valence-corrected chi connectivity index (χ4v) is 27.8. The third-order valence-corrected chi connectivity index (χ3v) is 37.6. The van der Waals surface area contributed by atoms with Gasteiger partial charge in [0, 0.05) is 0 Å². The molecule has 19 saturated carbocycles. The standard InChI is InChI=1S/C13H22.2C12H20.C11H22.2C10H20.2C9H18.2C8H16.C7H14/c1-3-13(2)11-5-9-4-10(7-11)8-12(13)6-9;1-12(2)10-4-8-3-9(6-10)7-11(12)5-8;1-12(2)7-8-6-11(12)10-5-3-4-9(8)10;1-3-11(2)9-7-5-4-6-8-10-11;1-10(2)8-6-4-3-5-7-9-10;1-3-10(2)8-6-4-5-7-9-10;1-9(2)7-5-3-4-6-8-9;1-3-9(2)7-5-4-6-8-9;1-8(2)6-4-3-5-7-8;1-3-8(2)6-4-5-7-8;1-7(2)5-3-4-6-7/h9-12H,3-8H2,1-2H3;2*8-11H,3-7H2,1-2H3;3-10H2,1-2H3;2*3-9H2,1-2H3;2*3-8H2,1-2H3;2*3-7H2,1-2H3;3-6H2,1-2H3. The van der Waals surface area contributed by atoms with Crippen LogP contribution < -0.4 is 0 Å². The monoisotopic (exact) mass is 1520 g/mol. The Labute approximate surface area is 689 Å². The topological polar surface area (TPSA) is 0 Å². The van der Waals surface area contributed by atoms with Crippen LogP contribution in [-0.4, -0.2) is 0 Å². The summed E-state index contributed by atoms with van der Waals surface area (Å²) in [5, 5.41) is 0. The van der Waals surface area contributed by atoms with Gasteiger partial charge < -0.3 is 0 Å². The van der Waals surface area contributed by atoms with E-state index in [1.54, 1.807) is 96.3 Å². The Balaban J connectivity index is 0.000000168. The van der Waals surface area contributed by atoms with E-state index in [0.717, 1.165) is 81.3 Å². The van der Waals surface area contributed by atoms with Gasteiger partial charge in [0.15, 0.2) is 0 Å². The summed E-state index contributed by atoms with van der Waals surface area (Å²) in [5.74, 6) is 13.5. The molecule has 642 valence electrons. The maximum atomic E-state index is 2.58. The highest BCUT2D eigenvalue weighted by molar-refractivity contribution is 5.07. The summed E-state index contributed by atoms with van der Waals surface area (Å²) in [6, 6.07) is 0. The van der Waals surface area contributed by atoms with Gasteiger partial charge in [0.25, 0.3) is 0 Å². The van der Waals surface area contributed by atoms with Crippen LogP contribution in [0.25, 0.3) is 0 Å². The van der Waals surface area contributed by atoms with E-state index in [2.05, 4.69) is 152 Å². The van der Waals surface area contributed by atoms with Gasteiger partial charge in [-0.15, -0.1) is 0 Å². The first-order valence-corrected chi connectivity index (χ1v) is 51.5. The Morgan fingerprint density at radius 1 is 0.211 bits per heavy atom. The van der Waals surface area contributed by atoms with Crippen molar-refractivity contribution in [3.8, 4) is 0 Å². The highest BCUT2D eigenvalue weighted by Gasteiger charge is 2.57. The second-order valence-electron chi connectivity index (χ2n) is 49.6. The van der Waals surface area contributed by atoms with Crippen LogP contribution in [-0.2, 0) is 0 Å². The SMILES string of the molecule is CC1(C)C2CC3CC(C2)CC1C3.CC1(C)CC2CC1C1CCCC21.CC1(C)CCCC1.CC1(C)CCCCC1.CC1(C)CCCCCC1.CC1(C)CCCCCCC1.CCC1(C)C2CC3CC(C2)CC1C3.CCC1(C)CCCC1.CCC1(C)CCCCC1.CCC1(C)CCCCCC1.CCC1(C)CCCCCCC1. The van der Waals surface area contributed by atoms with Gasteiger partial charge >= 0.3 is 0 Å². The lowest BCUT2D eigenvalue weighted by Crippen LogP contribution is -2.51. The van der Waals surface area contributed by atoms with Crippen LogP contribution in [0.15, 0.2) is 0 Å². The molecule has 0 aromatic carbocycles. The zero-order chi connectivity index (χ0) is 79.7. The molecule has 0 aliphatic heterocycles. The normalized spacial score (nSPS) is 36.6. The van der Waals surface area contributed by atoms with Crippen LogP contribution in [0.5, 0.6) is 0 Å². The molecular formula is C109H206. The van der Waals surface area contributed by atoms with Crippen molar-refractivity contribution < 1.29 is 0 Å². The summed E-state index contributed by atoms with van der Waals surface area (Å²) >= 11 is 0. The van der Waals surface area contributed by atoms with Crippen LogP contribution in [0, 0.1) is 131 Å². The van der Waals surface area contributed by atoms with E-state index in [-0.39, 0.29) is 0 Å². The van der Waals surface area contributed by atoms with Crippen molar-refractivity contribution in [3.63, 3.8) is 0 Å². The highest BCUT2D eigenvalue weighted by Crippen LogP contribution is 2.66. The first kappa shape index (κ1) is 96.1. The fourth-order valence-electron chi connectivity index (χ4n) is 27.8. The molecule has 19 aliphatic rings. The van der Waals surface area contributed by atoms with Crippen LogP contribution in [0.2, 0.25) is 0 Å². The number of rotatable bonds is 5. The molecule has 0 amide bonds. The Morgan fingerprint density at radius 3 is 0.688 bits per heavy atom. The molecule has 4 atom stereocenters. The predicted octanol–water partition coefficient (Wildman–Crippen LogP) is 37.7. The maximum absolute atomic E-state index is 2.58. The van der Waals surface area contributed by atoms with Crippen molar-refractivity contribution in [1.82, 2.24) is 0 Å². The Hall–Kier alpha value is 0. The van der Waals surface area contributed by atoms with Gasteiger partial charge in [0.1, 0.15) is 0 Å². The van der Waals surface area contributed by atoms with Crippen molar-refractivity contribution >= 4 is 0 Å². The maximum Gasteiger partial charge on any atom is -0.0271 e. The highest BCUT2D eigenvalue weighted by atomic mass is 14.6. The van der Waals surface area contributed by atoms with Gasteiger partial charge in [-0.05, 0) is 323 Å². The quantitative estimate of drug-likeness (QED) is 0.241. The summed E-state index contributed by atoms with van der Waals surface area (Å²) in [6.45, 7) is 53.3. The van der Waals surface area contributed by atoms with E-state index in [0.29, 0.717) is 43.3 Å². The van der Waals surface area contributed by atoms with Gasteiger partial charge in [-0.25, -0.2) is 0 Å². The second-order valence-corrected chi connectivity index (χ2v) is 49.6. The van der Waals surface area contributed by atoms with Crippen LogP contribution in [0.1, 0.15) is 563 Å². The van der Waals surface area contributed by atoms with E-state index in [1.165, 1.54) is 321 Å². The molecule has 4 unspecified atom stereocenters. The van der Waals surface area contributed by atoms with E-state index in [1.807, 2.05) is 0 Å². The Morgan fingerprint density at radius 2 is 0.431 bits per heavy atom. The molecule has 0 nitrogen and oxygen atoms in total. The zero-order valence-corrected chi connectivity index (χ0v) is 79.7. The Bertz CT molecular complexity index is 2290. The largest absolute Gasteiger partial charge is 0.0649 e. The van der Waals surface area contributed by atoms with Gasteiger partial charge in [-0.3, -0.25) is 0 Å². The lowest BCUT2D eigenvalue weighted by atomic mass is 9.45. The smallest absolute Gasteiger partial charge is 0.0271 e. The molecule has 0 radical (unpaired) electrons. The van der Waals surface area contributed by atoms with Crippen LogP contribution in [0.4, 0.5) is 0 Å². The summed E-state index contributed by atoms with van der Waals surface area (Å²) < 4.78 is 0. The second kappa shape index (κ2) is 44.9. The summed E-state index contributed by atoms with van der Waals surface area (Å²) in [7, 11) is 0. The zero-order valence-electron chi connectivity index (χ0n) is 79.7. The molecule has 109 heavy (non-hydrogen) atoms. The Kier molecular flexibility index (Phi) is 39.6. The predicted molar refractivity (Wildman–Crippen MR) is 489 cm³/mol.